The molecular weight excluding hydrogens is 204 g/mol. The minimum absolute atomic E-state index is 0.0250. The number of rotatable bonds is 5. The zero-order valence-corrected chi connectivity index (χ0v) is 9.73. The number of nitrogens with one attached hydrogen (secondary N) is 1. The molecule has 88 valence electrons. The lowest BCUT2D eigenvalue weighted by molar-refractivity contribution is 0.0400. The van der Waals surface area contributed by atoms with Crippen LogP contribution >= 0.6 is 0 Å². The van der Waals surface area contributed by atoms with Crippen molar-refractivity contribution in [2.24, 2.45) is 11.8 Å². The van der Waals surface area contributed by atoms with Crippen molar-refractivity contribution in [2.75, 3.05) is 12.0 Å². The van der Waals surface area contributed by atoms with Gasteiger partial charge in [0.25, 0.3) is 0 Å². The summed E-state index contributed by atoms with van der Waals surface area (Å²) in [7, 11) is 0. The van der Waals surface area contributed by atoms with E-state index < -0.39 is 0 Å². The summed E-state index contributed by atoms with van der Waals surface area (Å²) >= 11 is 0. The van der Waals surface area contributed by atoms with Crippen molar-refractivity contribution in [3.8, 4) is 0 Å². The van der Waals surface area contributed by atoms with Crippen molar-refractivity contribution in [2.45, 2.75) is 32.8 Å². The maximum absolute atomic E-state index is 5.71. The third kappa shape index (κ3) is 2.48. The van der Waals surface area contributed by atoms with E-state index in [-0.39, 0.29) is 6.10 Å². The highest BCUT2D eigenvalue weighted by Gasteiger charge is 2.35. The Hall–Kier alpha value is -1.20. The lowest BCUT2D eigenvalue weighted by Crippen LogP contribution is -2.15. The summed E-state index contributed by atoms with van der Waals surface area (Å²) in [5.74, 6) is 7.34. The van der Waals surface area contributed by atoms with Crippen molar-refractivity contribution in [1.29, 1.82) is 0 Å². The van der Waals surface area contributed by atoms with Gasteiger partial charge >= 0.3 is 0 Å². The maximum Gasteiger partial charge on any atom is 0.160 e. The monoisotopic (exact) mass is 222 g/mol. The first kappa shape index (κ1) is 11.3. The molecule has 0 spiro atoms. The van der Waals surface area contributed by atoms with Gasteiger partial charge in [0.2, 0.25) is 0 Å². The number of hydrazine groups is 1. The minimum Gasteiger partial charge on any atom is -0.370 e. The molecular formula is C11H18N4O. The first-order valence-corrected chi connectivity index (χ1v) is 5.68. The van der Waals surface area contributed by atoms with Crippen LogP contribution in [0.1, 0.15) is 37.4 Å². The number of aryl methyl sites for hydroxylation is 1. The Kier molecular flexibility index (Phi) is 3.36. The van der Waals surface area contributed by atoms with E-state index in [2.05, 4.69) is 15.4 Å². The lowest BCUT2D eigenvalue weighted by atomic mass is 10.2. The van der Waals surface area contributed by atoms with Crippen LogP contribution in [-0.2, 0) is 4.74 Å². The predicted molar refractivity (Wildman–Crippen MR) is 61.7 cm³/mol. The van der Waals surface area contributed by atoms with Crippen molar-refractivity contribution in [3.05, 3.63) is 17.6 Å². The van der Waals surface area contributed by atoms with Gasteiger partial charge in [0.1, 0.15) is 11.9 Å². The molecule has 1 aromatic heterocycles. The molecule has 1 saturated carbocycles. The van der Waals surface area contributed by atoms with E-state index in [0.717, 1.165) is 11.5 Å². The second-order valence-electron chi connectivity index (χ2n) is 4.11. The third-order valence-corrected chi connectivity index (χ3v) is 2.67. The first-order chi connectivity index (χ1) is 7.74. The Morgan fingerprint density at radius 2 is 2.31 bits per heavy atom. The number of nitrogens with two attached hydrogens (primary N) is 1. The van der Waals surface area contributed by atoms with Gasteiger partial charge in [-0.3, -0.25) is 0 Å². The zero-order chi connectivity index (χ0) is 11.5. The molecule has 0 saturated heterocycles. The van der Waals surface area contributed by atoms with Crippen LogP contribution in [0.4, 0.5) is 5.82 Å². The Morgan fingerprint density at radius 3 is 2.88 bits per heavy atom. The molecule has 5 heteroatoms. The zero-order valence-electron chi connectivity index (χ0n) is 9.73. The Bertz CT molecular complexity index is 365. The van der Waals surface area contributed by atoms with Crippen molar-refractivity contribution >= 4 is 5.82 Å². The fourth-order valence-electron chi connectivity index (χ4n) is 1.79. The molecule has 0 aromatic carbocycles. The molecule has 2 rings (SSSR count). The van der Waals surface area contributed by atoms with E-state index in [1.54, 1.807) is 0 Å². The minimum atomic E-state index is 0.0250. The van der Waals surface area contributed by atoms with Crippen LogP contribution in [0.5, 0.6) is 0 Å². The molecule has 0 radical (unpaired) electrons. The van der Waals surface area contributed by atoms with Gasteiger partial charge in [0.15, 0.2) is 5.82 Å². The lowest BCUT2D eigenvalue weighted by Gasteiger charge is -2.16. The molecule has 1 fully saturated rings. The van der Waals surface area contributed by atoms with Gasteiger partial charge in [-0.15, -0.1) is 0 Å². The summed E-state index contributed by atoms with van der Waals surface area (Å²) in [6, 6.07) is 1.82. The van der Waals surface area contributed by atoms with Crippen LogP contribution in [0.2, 0.25) is 0 Å². The molecule has 1 heterocycles. The Morgan fingerprint density at radius 1 is 1.56 bits per heavy atom. The number of ether oxygens (including phenoxy) is 1. The van der Waals surface area contributed by atoms with E-state index >= 15 is 0 Å². The van der Waals surface area contributed by atoms with Crippen LogP contribution in [0.15, 0.2) is 6.07 Å². The number of nitrogen functional groups attached to an aromatic ring is 1. The van der Waals surface area contributed by atoms with Gasteiger partial charge < -0.3 is 10.2 Å². The molecule has 1 atom stereocenters. The summed E-state index contributed by atoms with van der Waals surface area (Å²) in [6.07, 6.45) is 2.43. The standard InChI is InChI=1S/C11H18N4O/c1-3-16-10(8-4-5-8)11-13-7(2)6-9(14-11)15-12/h6,8,10H,3-5,12H2,1-2H3,(H,13,14,15). The van der Waals surface area contributed by atoms with E-state index in [0.29, 0.717) is 18.3 Å². The molecule has 1 aliphatic rings. The highest BCUT2D eigenvalue weighted by Crippen LogP contribution is 2.42. The number of anilines is 1. The van der Waals surface area contributed by atoms with E-state index in [4.69, 9.17) is 10.6 Å². The summed E-state index contributed by atoms with van der Waals surface area (Å²) < 4.78 is 5.71. The van der Waals surface area contributed by atoms with Crippen LogP contribution in [0.25, 0.3) is 0 Å². The van der Waals surface area contributed by atoms with Gasteiger partial charge in [-0.1, -0.05) is 0 Å². The topological polar surface area (TPSA) is 73.1 Å². The van der Waals surface area contributed by atoms with Gasteiger partial charge in [-0.05, 0) is 32.6 Å². The Labute approximate surface area is 95.4 Å². The van der Waals surface area contributed by atoms with Gasteiger partial charge in [-0.2, -0.15) is 0 Å². The fourth-order valence-corrected chi connectivity index (χ4v) is 1.79. The molecule has 0 aliphatic heterocycles. The SMILES string of the molecule is CCOC(c1nc(C)cc(NN)n1)C1CC1. The molecule has 0 bridgehead atoms. The molecule has 1 unspecified atom stereocenters. The average molecular weight is 222 g/mol. The molecule has 1 aliphatic carbocycles. The van der Waals surface area contributed by atoms with E-state index in [9.17, 15) is 0 Å². The van der Waals surface area contributed by atoms with E-state index in [1.807, 2.05) is 19.9 Å². The highest BCUT2D eigenvalue weighted by molar-refractivity contribution is 5.34. The summed E-state index contributed by atoms with van der Waals surface area (Å²) in [6.45, 7) is 4.61. The first-order valence-electron chi connectivity index (χ1n) is 5.68. The number of hydrogen-bond donors (Lipinski definition) is 2. The molecule has 1 aromatic rings. The maximum atomic E-state index is 5.71. The Balaban J connectivity index is 2.25. The second-order valence-corrected chi connectivity index (χ2v) is 4.11. The van der Waals surface area contributed by atoms with Crippen LogP contribution in [0.3, 0.4) is 0 Å². The largest absolute Gasteiger partial charge is 0.370 e. The number of hydrogen-bond acceptors (Lipinski definition) is 5. The van der Waals surface area contributed by atoms with Crippen molar-refractivity contribution in [3.63, 3.8) is 0 Å². The van der Waals surface area contributed by atoms with Gasteiger partial charge in [0, 0.05) is 18.4 Å². The third-order valence-electron chi connectivity index (χ3n) is 2.67. The summed E-state index contributed by atoms with van der Waals surface area (Å²) in [5.41, 5.74) is 3.46. The quantitative estimate of drug-likeness (QED) is 0.584. The van der Waals surface area contributed by atoms with Crippen LogP contribution in [0, 0.1) is 12.8 Å². The van der Waals surface area contributed by atoms with Gasteiger partial charge in [-0.25, -0.2) is 15.8 Å². The number of aromatic nitrogens is 2. The normalized spacial score (nSPS) is 17.2. The van der Waals surface area contributed by atoms with E-state index in [1.165, 1.54) is 12.8 Å². The van der Waals surface area contributed by atoms with Crippen molar-refractivity contribution < 1.29 is 4.74 Å². The molecule has 5 nitrogen and oxygen atoms in total. The predicted octanol–water partition coefficient (Wildman–Crippen LogP) is 1.56. The fraction of sp³-hybridized carbons (Fsp3) is 0.636. The van der Waals surface area contributed by atoms with Crippen LogP contribution < -0.4 is 11.3 Å². The smallest absolute Gasteiger partial charge is 0.160 e. The van der Waals surface area contributed by atoms with Gasteiger partial charge in [0.05, 0.1) is 0 Å². The molecule has 16 heavy (non-hydrogen) atoms. The number of nitrogens with zero attached hydrogens (tertiary/aromatic N) is 2. The van der Waals surface area contributed by atoms with Crippen LogP contribution in [-0.4, -0.2) is 16.6 Å². The molecule has 3 N–H and O–H groups in total. The summed E-state index contributed by atoms with van der Waals surface area (Å²) in [4.78, 5) is 8.79. The average Bonchev–Trinajstić information content (AvgIpc) is 3.08. The highest BCUT2D eigenvalue weighted by atomic mass is 16.5. The second kappa shape index (κ2) is 4.76. The summed E-state index contributed by atoms with van der Waals surface area (Å²) in [5, 5.41) is 0. The molecule has 0 amide bonds. The van der Waals surface area contributed by atoms with Crippen molar-refractivity contribution in [1.82, 2.24) is 9.97 Å².